The fraction of sp³-hybridized carbons (Fsp3) is 0.812. The summed E-state index contributed by atoms with van der Waals surface area (Å²) in [5.74, 6) is 3.61. The number of aromatic nitrogens is 3. The van der Waals surface area contributed by atoms with Crippen LogP contribution in [0.1, 0.15) is 51.2 Å². The summed E-state index contributed by atoms with van der Waals surface area (Å²) >= 11 is 0. The molecule has 1 aromatic rings. The summed E-state index contributed by atoms with van der Waals surface area (Å²) in [7, 11) is 1.99. The minimum atomic E-state index is 0. The second-order valence-electron chi connectivity index (χ2n) is 6.34. The highest BCUT2D eigenvalue weighted by Gasteiger charge is 2.19. The van der Waals surface area contributed by atoms with Crippen molar-refractivity contribution in [2.24, 2.45) is 18.0 Å². The Hall–Kier alpha value is -0.860. The van der Waals surface area contributed by atoms with Crippen LogP contribution < -0.4 is 5.32 Å². The number of hydrogen-bond donors (Lipinski definition) is 1. The van der Waals surface area contributed by atoms with E-state index in [0.29, 0.717) is 6.54 Å². The predicted octanol–water partition coefficient (Wildman–Crippen LogP) is 2.72. The van der Waals surface area contributed by atoms with Gasteiger partial charge in [0, 0.05) is 26.7 Å². The summed E-state index contributed by atoms with van der Waals surface area (Å²) in [6, 6.07) is 0. The number of aryl methyl sites for hydroxylation is 1. The lowest BCUT2D eigenvalue weighted by atomic mass is 10.0. The van der Waals surface area contributed by atoms with E-state index in [4.69, 9.17) is 4.99 Å². The number of unbranched alkanes of at least 4 members (excludes halogenated alkanes) is 1. The lowest BCUT2D eigenvalue weighted by Gasteiger charge is -2.33. The Morgan fingerprint density at radius 2 is 2.17 bits per heavy atom. The van der Waals surface area contributed by atoms with E-state index in [0.717, 1.165) is 43.2 Å². The fourth-order valence-corrected chi connectivity index (χ4v) is 2.76. The van der Waals surface area contributed by atoms with Crippen molar-refractivity contribution < 1.29 is 0 Å². The topological polar surface area (TPSA) is 58.3 Å². The molecular formula is C16H31IN6. The molecule has 1 aliphatic rings. The number of likely N-dealkylation sites (tertiary alicyclic amines) is 1. The van der Waals surface area contributed by atoms with E-state index in [2.05, 4.69) is 34.3 Å². The zero-order valence-corrected chi connectivity index (χ0v) is 17.2. The van der Waals surface area contributed by atoms with Gasteiger partial charge < -0.3 is 14.8 Å². The molecule has 0 radical (unpaired) electrons. The van der Waals surface area contributed by atoms with Gasteiger partial charge in [0.15, 0.2) is 11.8 Å². The van der Waals surface area contributed by atoms with Crippen molar-refractivity contribution in [1.82, 2.24) is 25.0 Å². The Morgan fingerprint density at radius 3 is 2.78 bits per heavy atom. The van der Waals surface area contributed by atoms with Crippen LogP contribution in [0.5, 0.6) is 0 Å². The van der Waals surface area contributed by atoms with Crippen molar-refractivity contribution in [2.75, 3.05) is 19.6 Å². The van der Waals surface area contributed by atoms with Crippen LogP contribution in [0.25, 0.3) is 0 Å². The highest BCUT2D eigenvalue weighted by Crippen LogP contribution is 2.15. The smallest absolute Gasteiger partial charge is 0.194 e. The van der Waals surface area contributed by atoms with E-state index in [1.807, 2.05) is 18.5 Å². The fourth-order valence-electron chi connectivity index (χ4n) is 2.76. The molecule has 1 N–H and O–H groups in total. The van der Waals surface area contributed by atoms with Gasteiger partial charge >= 0.3 is 0 Å². The number of guanidine groups is 1. The van der Waals surface area contributed by atoms with Crippen LogP contribution in [0.4, 0.5) is 0 Å². The van der Waals surface area contributed by atoms with Crippen LogP contribution in [0.15, 0.2) is 4.99 Å². The second-order valence-corrected chi connectivity index (χ2v) is 6.34. The number of rotatable bonds is 5. The number of nitrogens with one attached hydrogen (secondary N) is 1. The minimum absolute atomic E-state index is 0. The van der Waals surface area contributed by atoms with Crippen LogP contribution >= 0.6 is 24.0 Å². The number of piperidine rings is 1. The highest BCUT2D eigenvalue weighted by molar-refractivity contribution is 14.0. The maximum absolute atomic E-state index is 4.81. The van der Waals surface area contributed by atoms with Gasteiger partial charge in [-0.1, -0.05) is 20.3 Å². The van der Waals surface area contributed by atoms with Crippen molar-refractivity contribution in [3.8, 4) is 0 Å². The molecule has 0 amide bonds. The molecule has 2 rings (SSSR count). The zero-order valence-electron chi connectivity index (χ0n) is 14.9. The third-order valence-electron chi connectivity index (χ3n) is 4.32. The molecule has 0 spiro atoms. The lowest BCUT2D eigenvalue weighted by Crippen LogP contribution is -2.46. The Bertz CT molecular complexity index is 499. The number of halogens is 1. The molecule has 0 aromatic carbocycles. The van der Waals surface area contributed by atoms with E-state index in [9.17, 15) is 0 Å². The van der Waals surface area contributed by atoms with Gasteiger partial charge in [0.05, 0.1) is 0 Å². The summed E-state index contributed by atoms with van der Waals surface area (Å²) in [6.07, 6.45) is 4.94. The number of aliphatic imine (C=N–C) groups is 1. The van der Waals surface area contributed by atoms with Crippen molar-refractivity contribution in [1.29, 1.82) is 0 Å². The second kappa shape index (κ2) is 10.1. The van der Waals surface area contributed by atoms with Crippen molar-refractivity contribution >= 4 is 29.9 Å². The molecule has 6 nitrogen and oxygen atoms in total. The Balaban J connectivity index is 0.00000264. The number of hydrogen-bond acceptors (Lipinski definition) is 3. The first-order valence-electron chi connectivity index (χ1n) is 8.50. The Kier molecular flexibility index (Phi) is 8.86. The van der Waals surface area contributed by atoms with Crippen molar-refractivity contribution in [3.05, 3.63) is 11.6 Å². The maximum Gasteiger partial charge on any atom is 0.194 e. The summed E-state index contributed by atoms with van der Waals surface area (Å²) in [6.45, 7) is 10.3. The highest BCUT2D eigenvalue weighted by atomic mass is 127. The average molecular weight is 434 g/mol. The molecule has 1 aromatic heterocycles. The van der Waals surface area contributed by atoms with Crippen LogP contribution in [-0.4, -0.2) is 45.3 Å². The van der Waals surface area contributed by atoms with E-state index < -0.39 is 0 Å². The van der Waals surface area contributed by atoms with E-state index >= 15 is 0 Å². The quantitative estimate of drug-likeness (QED) is 0.335. The van der Waals surface area contributed by atoms with Gasteiger partial charge in [-0.25, -0.2) is 4.99 Å². The molecule has 23 heavy (non-hydrogen) atoms. The molecule has 0 aliphatic carbocycles. The third-order valence-corrected chi connectivity index (χ3v) is 4.32. The average Bonchev–Trinajstić information content (AvgIpc) is 2.82. The number of nitrogens with zero attached hydrogens (tertiary/aromatic N) is 5. The normalized spacial score (nSPS) is 18.7. The molecule has 132 valence electrons. The predicted molar refractivity (Wildman–Crippen MR) is 105 cm³/mol. The molecule has 2 heterocycles. The van der Waals surface area contributed by atoms with Crippen molar-refractivity contribution in [3.63, 3.8) is 0 Å². The Labute approximate surface area is 157 Å². The first kappa shape index (κ1) is 20.2. The summed E-state index contributed by atoms with van der Waals surface area (Å²) in [5, 5.41) is 11.8. The molecule has 7 heteroatoms. The summed E-state index contributed by atoms with van der Waals surface area (Å²) in [5.41, 5.74) is 0. The van der Waals surface area contributed by atoms with Crippen LogP contribution in [-0.2, 0) is 13.6 Å². The van der Waals surface area contributed by atoms with Crippen molar-refractivity contribution in [2.45, 2.75) is 53.0 Å². The molecule has 1 aliphatic heterocycles. The van der Waals surface area contributed by atoms with Gasteiger partial charge in [0.1, 0.15) is 12.4 Å². The lowest BCUT2D eigenvalue weighted by molar-refractivity contribution is 0.265. The third kappa shape index (κ3) is 5.93. The zero-order chi connectivity index (χ0) is 15.9. The monoisotopic (exact) mass is 434 g/mol. The van der Waals surface area contributed by atoms with Crippen LogP contribution in [0, 0.1) is 12.8 Å². The van der Waals surface area contributed by atoms with Gasteiger partial charge in [0.2, 0.25) is 0 Å². The van der Waals surface area contributed by atoms with E-state index in [-0.39, 0.29) is 24.0 Å². The van der Waals surface area contributed by atoms with Gasteiger partial charge in [-0.15, -0.1) is 34.2 Å². The molecule has 1 fully saturated rings. The molecule has 1 atom stereocenters. The minimum Gasteiger partial charge on any atom is -0.356 e. The first-order chi connectivity index (χ1) is 10.6. The van der Waals surface area contributed by atoms with Gasteiger partial charge in [-0.2, -0.15) is 0 Å². The van der Waals surface area contributed by atoms with E-state index in [1.165, 1.54) is 25.7 Å². The SMILES string of the molecule is CCCCNC(=NCc1nnc(C)n1C)N1CCCC(C)C1.I. The Morgan fingerprint density at radius 1 is 1.39 bits per heavy atom. The van der Waals surface area contributed by atoms with Crippen LogP contribution in [0.3, 0.4) is 0 Å². The van der Waals surface area contributed by atoms with Gasteiger partial charge in [-0.3, -0.25) is 0 Å². The molecule has 0 bridgehead atoms. The van der Waals surface area contributed by atoms with Gasteiger partial charge in [-0.05, 0) is 32.1 Å². The largest absolute Gasteiger partial charge is 0.356 e. The standard InChI is InChI=1S/C16H30N6.HI/c1-5-6-9-17-16(22-10-7-8-13(2)12-22)18-11-15-20-19-14(3)21(15)4;/h13H,5-12H2,1-4H3,(H,17,18);1H. The molecule has 0 saturated carbocycles. The maximum atomic E-state index is 4.81. The molecular weight excluding hydrogens is 403 g/mol. The van der Waals surface area contributed by atoms with Crippen LogP contribution in [0.2, 0.25) is 0 Å². The van der Waals surface area contributed by atoms with E-state index in [1.54, 1.807) is 0 Å². The van der Waals surface area contributed by atoms with Gasteiger partial charge in [0.25, 0.3) is 0 Å². The summed E-state index contributed by atoms with van der Waals surface area (Å²) < 4.78 is 2.01. The first-order valence-corrected chi connectivity index (χ1v) is 8.50. The molecule has 1 unspecified atom stereocenters. The summed E-state index contributed by atoms with van der Waals surface area (Å²) in [4.78, 5) is 7.20. The molecule has 1 saturated heterocycles.